The van der Waals surface area contributed by atoms with Gasteiger partial charge >= 0.3 is 0 Å². The lowest BCUT2D eigenvalue weighted by Crippen LogP contribution is -2.36. The molecule has 0 radical (unpaired) electrons. The summed E-state index contributed by atoms with van der Waals surface area (Å²) in [7, 11) is 1.62. The number of amides is 1. The van der Waals surface area contributed by atoms with Crippen LogP contribution in [0.15, 0.2) is 18.2 Å². The lowest BCUT2D eigenvalue weighted by atomic mass is 10.1. The highest BCUT2D eigenvalue weighted by molar-refractivity contribution is 5.92. The van der Waals surface area contributed by atoms with Gasteiger partial charge in [-0.25, -0.2) is 4.39 Å². The molecule has 3 N–H and O–H groups in total. The quantitative estimate of drug-likeness (QED) is 0.807. The van der Waals surface area contributed by atoms with E-state index in [1.54, 1.807) is 7.11 Å². The molecule has 0 unspecified atom stereocenters. The molecule has 0 fully saturated rings. The average Bonchev–Trinajstić information content (AvgIpc) is 2.31. The summed E-state index contributed by atoms with van der Waals surface area (Å²) in [5, 5.41) is 3.08. The first kappa shape index (κ1) is 14.6. The summed E-state index contributed by atoms with van der Waals surface area (Å²) < 4.78 is 18.7. The van der Waals surface area contributed by atoms with E-state index >= 15 is 0 Å². The number of methoxy groups -OCH3 is 1. The predicted octanol–water partition coefficient (Wildman–Crippen LogP) is 1.44. The number of primary amides is 1. The number of halogens is 1. The van der Waals surface area contributed by atoms with Gasteiger partial charge in [-0.1, -0.05) is 0 Å². The van der Waals surface area contributed by atoms with Crippen LogP contribution < -0.4 is 11.1 Å². The van der Waals surface area contributed by atoms with Crippen LogP contribution >= 0.6 is 0 Å². The van der Waals surface area contributed by atoms with Crippen molar-refractivity contribution >= 4 is 5.91 Å². The van der Waals surface area contributed by atoms with Gasteiger partial charge in [-0.05, 0) is 32.0 Å². The third-order valence-electron chi connectivity index (χ3n) is 2.75. The van der Waals surface area contributed by atoms with Gasteiger partial charge < -0.3 is 15.8 Å². The van der Waals surface area contributed by atoms with Gasteiger partial charge in [-0.2, -0.15) is 0 Å². The number of carbonyl (C=O) groups is 1. The first-order valence-corrected chi connectivity index (χ1v) is 5.70. The molecular formula is C13H19FN2O2. The SMILES string of the molecule is COC(C)(C)CNCc1cc(C(N)=O)ccc1F. The third-order valence-corrected chi connectivity index (χ3v) is 2.75. The molecule has 1 amide bonds. The Balaban J connectivity index is 2.67. The number of nitrogens with one attached hydrogen (secondary N) is 1. The molecule has 5 heteroatoms. The molecule has 0 aliphatic carbocycles. The van der Waals surface area contributed by atoms with Crippen LogP contribution in [0, 0.1) is 5.82 Å². The van der Waals surface area contributed by atoms with Crippen LogP contribution in [-0.2, 0) is 11.3 Å². The van der Waals surface area contributed by atoms with Crippen molar-refractivity contribution < 1.29 is 13.9 Å². The summed E-state index contributed by atoms with van der Waals surface area (Å²) in [6.07, 6.45) is 0. The lowest BCUT2D eigenvalue weighted by molar-refractivity contribution is 0.0230. The minimum atomic E-state index is -0.562. The van der Waals surface area contributed by atoms with Crippen molar-refractivity contribution in [3.63, 3.8) is 0 Å². The summed E-state index contributed by atoms with van der Waals surface area (Å²) in [5.41, 5.74) is 5.55. The van der Waals surface area contributed by atoms with Crippen LogP contribution in [0.25, 0.3) is 0 Å². The van der Waals surface area contributed by atoms with Crippen LogP contribution in [0.3, 0.4) is 0 Å². The van der Waals surface area contributed by atoms with Gasteiger partial charge in [-0.15, -0.1) is 0 Å². The Morgan fingerprint density at radius 3 is 2.72 bits per heavy atom. The number of carbonyl (C=O) groups excluding carboxylic acids is 1. The van der Waals surface area contributed by atoms with Crippen molar-refractivity contribution in [1.82, 2.24) is 5.32 Å². The van der Waals surface area contributed by atoms with Gasteiger partial charge in [0.15, 0.2) is 0 Å². The van der Waals surface area contributed by atoms with E-state index in [-0.39, 0.29) is 11.4 Å². The van der Waals surface area contributed by atoms with E-state index in [2.05, 4.69) is 5.32 Å². The van der Waals surface area contributed by atoms with E-state index in [1.807, 2.05) is 13.8 Å². The molecule has 0 heterocycles. The van der Waals surface area contributed by atoms with E-state index in [0.717, 1.165) is 0 Å². The maximum absolute atomic E-state index is 13.5. The van der Waals surface area contributed by atoms with Gasteiger partial charge in [0.05, 0.1) is 5.60 Å². The van der Waals surface area contributed by atoms with Crippen LogP contribution in [-0.4, -0.2) is 25.2 Å². The number of nitrogens with two attached hydrogens (primary N) is 1. The molecule has 0 saturated carbocycles. The third kappa shape index (κ3) is 4.09. The zero-order valence-electron chi connectivity index (χ0n) is 10.9. The van der Waals surface area contributed by atoms with Gasteiger partial charge in [-0.3, -0.25) is 4.79 Å². The van der Waals surface area contributed by atoms with Crippen molar-refractivity contribution in [1.29, 1.82) is 0 Å². The number of hydrogen-bond donors (Lipinski definition) is 2. The molecule has 0 aliphatic rings. The van der Waals surface area contributed by atoms with Gasteiger partial charge in [0.25, 0.3) is 0 Å². The molecule has 1 rings (SSSR count). The number of benzene rings is 1. The molecule has 4 nitrogen and oxygen atoms in total. The predicted molar refractivity (Wildman–Crippen MR) is 67.7 cm³/mol. The van der Waals surface area contributed by atoms with E-state index in [9.17, 15) is 9.18 Å². The van der Waals surface area contributed by atoms with Crippen molar-refractivity contribution in [2.24, 2.45) is 5.73 Å². The second-order valence-electron chi connectivity index (χ2n) is 4.74. The average molecular weight is 254 g/mol. The lowest BCUT2D eigenvalue weighted by Gasteiger charge is -2.23. The van der Waals surface area contributed by atoms with Crippen LogP contribution in [0.5, 0.6) is 0 Å². The summed E-state index contributed by atoms with van der Waals surface area (Å²) in [6, 6.07) is 4.09. The smallest absolute Gasteiger partial charge is 0.248 e. The molecule has 0 bridgehead atoms. The fourth-order valence-corrected chi connectivity index (χ4v) is 1.43. The maximum atomic E-state index is 13.5. The minimum Gasteiger partial charge on any atom is -0.377 e. The van der Waals surface area contributed by atoms with Crippen molar-refractivity contribution in [2.45, 2.75) is 26.0 Å². The van der Waals surface area contributed by atoms with E-state index < -0.39 is 5.91 Å². The van der Waals surface area contributed by atoms with E-state index in [1.165, 1.54) is 18.2 Å². The summed E-state index contributed by atoms with van der Waals surface area (Å²) in [6.45, 7) is 4.75. The van der Waals surface area contributed by atoms with Gasteiger partial charge in [0, 0.05) is 31.3 Å². The Hall–Kier alpha value is -1.46. The topological polar surface area (TPSA) is 64.3 Å². The molecule has 100 valence electrons. The molecule has 0 spiro atoms. The minimum absolute atomic E-state index is 0.305. The summed E-state index contributed by atoms with van der Waals surface area (Å²) in [4.78, 5) is 11.0. The fourth-order valence-electron chi connectivity index (χ4n) is 1.43. The summed E-state index contributed by atoms with van der Waals surface area (Å²) in [5.74, 6) is -0.920. The molecule has 1 aromatic rings. The standard InChI is InChI=1S/C13H19FN2O2/c1-13(2,18-3)8-16-7-10-6-9(12(15)17)4-5-11(10)14/h4-6,16H,7-8H2,1-3H3,(H2,15,17). The van der Waals surface area contributed by atoms with E-state index in [0.29, 0.717) is 24.2 Å². The van der Waals surface area contributed by atoms with Gasteiger partial charge in [0.2, 0.25) is 5.91 Å². The first-order chi connectivity index (χ1) is 8.35. The molecule has 0 aliphatic heterocycles. The zero-order chi connectivity index (χ0) is 13.8. The Labute approximate surface area is 106 Å². The molecule has 0 atom stereocenters. The highest BCUT2D eigenvalue weighted by Gasteiger charge is 2.15. The van der Waals surface area contributed by atoms with Crippen LogP contribution in [0.2, 0.25) is 0 Å². The highest BCUT2D eigenvalue weighted by Crippen LogP contribution is 2.11. The molecule has 18 heavy (non-hydrogen) atoms. The molecule has 0 aromatic heterocycles. The number of rotatable bonds is 6. The van der Waals surface area contributed by atoms with Crippen LogP contribution in [0.1, 0.15) is 29.8 Å². The monoisotopic (exact) mass is 254 g/mol. The van der Waals surface area contributed by atoms with Crippen molar-refractivity contribution in [2.75, 3.05) is 13.7 Å². The largest absolute Gasteiger partial charge is 0.377 e. The highest BCUT2D eigenvalue weighted by atomic mass is 19.1. The van der Waals surface area contributed by atoms with E-state index in [4.69, 9.17) is 10.5 Å². The second-order valence-corrected chi connectivity index (χ2v) is 4.74. The molecular weight excluding hydrogens is 235 g/mol. The molecule has 1 aromatic carbocycles. The Bertz CT molecular complexity index is 433. The normalized spacial score (nSPS) is 11.6. The summed E-state index contributed by atoms with van der Waals surface area (Å²) >= 11 is 0. The Morgan fingerprint density at radius 2 is 2.17 bits per heavy atom. The van der Waals surface area contributed by atoms with Crippen LogP contribution in [0.4, 0.5) is 4.39 Å². The fraction of sp³-hybridized carbons (Fsp3) is 0.462. The molecule has 0 saturated heterocycles. The number of ether oxygens (including phenoxy) is 1. The number of hydrogen-bond acceptors (Lipinski definition) is 3. The second kappa shape index (κ2) is 5.93. The van der Waals surface area contributed by atoms with Crippen molar-refractivity contribution in [3.05, 3.63) is 35.1 Å². The maximum Gasteiger partial charge on any atom is 0.248 e. The Kier molecular flexibility index (Phi) is 4.81. The van der Waals surface area contributed by atoms with Gasteiger partial charge in [0.1, 0.15) is 5.82 Å². The zero-order valence-corrected chi connectivity index (χ0v) is 10.9. The first-order valence-electron chi connectivity index (χ1n) is 5.70. The Morgan fingerprint density at radius 1 is 1.50 bits per heavy atom. The van der Waals surface area contributed by atoms with Crippen molar-refractivity contribution in [3.8, 4) is 0 Å².